The molecule has 14 heavy (non-hydrogen) atoms. The summed E-state index contributed by atoms with van der Waals surface area (Å²) in [6.45, 7) is 0. The van der Waals surface area contributed by atoms with E-state index in [1.165, 1.54) is 19.3 Å². The molecule has 3 atom stereocenters. The molecule has 0 spiro atoms. The van der Waals surface area contributed by atoms with Gasteiger partial charge in [-0.05, 0) is 58.0 Å². The van der Waals surface area contributed by atoms with Gasteiger partial charge in [0.05, 0.1) is 6.10 Å². The minimum atomic E-state index is -0.209. The van der Waals surface area contributed by atoms with Crippen LogP contribution in [-0.4, -0.2) is 5.11 Å². The predicted molar refractivity (Wildman–Crippen MR) is 61.3 cm³/mol. The van der Waals surface area contributed by atoms with E-state index in [9.17, 15) is 5.11 Å². The first-order valence-corrected chi connectivity index (χ1v) is 6.87. The van der Waals surface area contributed by atoms with Gasteiger partial charge >= 0.3 is 0 Å². The molecular formula is C11H13BrOS. The first-order valence-electron chi connectivity index (χ1n) is 5.20. The maximum atomic E-state index is 10.2. The molecule has 2 saturated carbocycles. The average molecular weight is 273 g/mol. The highest BCUT2D eigenvalue weighted by molar-refractivity contribution is 9.10. The number of fused-ring (bicyclic) bond motifs is 1. The molecule has 1 aromatic heterocycles. The second-order valence-electron chi connectivity index (χ2n) is 4.41. The van der Waals surface area contributed by atoms with E-state index in [0.29, 0.717) is 5.92 Å². The molecule has 1 nitrogen and oxygen atoms in total. The van der Waals surface area contributed by atoms with Crippen molar-refractivity contribution in [3.05, 3.63) is 20.8 Å². The van der Waals surface area contributed by atoms with Gasteiger partial charge in [0.1, 0.15) is 0 Å². The van der Waals surface area contributed by atoms with Crippen molar-refractivity contribution in [2.24, 2.45) is 17.8 Å². The Morgan fingerprint density at radius 3 is 2.71 bits per heavy atom. The van der Waals surface area contributed by atoms with Gasteiger partial charge in [-0.25, -0.2) is 0 Å². The SMILES string of the molecule is OC(c1sccc1Br)C1C2CCCC21. The topological polar surface area (TPSA) is 20.2 Å². The molecule has 1 heterocycles. The van der Waals surface area contributed by atoms with Crippen LogP contribution in [-0.2, 0) is 0 Å². The largest absolute Gasteiger partial charge is 0.387 e. The Hall–Kier alpha value is 0.140. The van der Waals surface area contributed by atoms with Crippen LogP contribution in [0, 0.1) is 17.8 Å². The van der Waals surface area contributed by atoms with Gasteiger partial charge in [-0.15, -0.1) is 11.3 Å². The average Bonchev–Trinajstić information content (AvgIpc) is 2.57. The van der Waals surface area contributed by atoms with Crippen LogP contribution < -0.4 is 0 Å². The summed E-state index contributed by atoms with van der Waals surface area (Å²) in [5.74, 6) is 2.23. The van der Waals surface area contributed by atoms with E-state index < -0.39 is 0 Å². The van der Waals surface area contributed by atoms with Crippen molar-refractivity contribution in [3.63, 3.8) is 0 Å². The molecule has 0 aliphatic heterocycles. The van der Waals surface area contributed by atoms with Crippen molar-refractivity contribution in [3.8, 4) is 0 Å². The van der Waals surface area contributed by atoms with Gasteiger partial charge in [0.2, 0.25) is 0 Å². The zero-order valence-corrected chi connectivity index (χ0v) is 10.2. The Kier molecular flexibility index (Phi) is 2.22. The summed E-state index contributed by atoms with van der Waals surface area (Å²) >= 11 is 5.16. The fraction of sp³-hybridized carbons (Fsp3) is 0.636. The highest BCUT2D eigenvalue weighted by atomic mass is 79.9. The van der Waals surface area contributed by atoms with Gasteiger partial charge < -0.3 is 5.11 Å². The number of rotatable bonds is 2. The smallest absolute Gasteiger partial charge is 0.0926 e. The van der Waals surface area contributed by atoms with Crippen molar-refractivity contribution < 1.29 is 5.11 Å². The van der Waals surface area contributed by atoms with Crippen molar-refractivity contribution >= 4 is 27.3 Å². The second-order valence-corrected chi connectivity index (χ2v) is 6.22. The zero-order valence-electron chi connectivity index (χ0n) is 7.82. The molecular weight excluding hydrogens is 260 g/mol. The summed E-state index contributed by atoms with van der Waals surface area (Å²) in [5, 5.41) is 12.3. The van der Waals surface area contributed by atoms with E-state index in [1.807, 2.05) is 11.4 Å². The summed E-state index contributed by atoms with van der Waals surface area (Å²) in [6.07, 6.45) is 3.86. The van der Waals surface area contributed by atoms with Crippen LogP contribution in [0.4, 0.5) is 0 Å². The summed E-state index contributed by atoms with van der Waals surface area (Å²) in [4.78, 5) is 1.13. The summed E-state index contributed by atoms with van der Waals surface area (Å²) in [6, 6.07) is 2.03. The summed E-state index contributed by atoms with van der Waals surface area (Å²) in [5.41, 5.74) is 0. The van der Waals surface area contributed by atoms with Gasteiger partial charge in [-0.2, -0.15) is 0 Å². The van der Waals surface area contributed by atoms with E-state index in [4.69, 9.17) is 0 Å². The van der Waals surface area contributed by atoms with Crippen LogP contribution >= 0.6 is 27.3 Å². The predicted octanol–water partition coefficient (Wildman–Crippen LogP) is 3.59. The molecule has 1 N–H and O–H groups in total. The molecule has 0 radical (unpaired) electrons. The minimum Gasteiger partial charge on any atom is -0.387 e. The Labute approximate surface area is 96.3 Å². The number of halogens is 1. The van der Waals surface area contributed by atoms with Gasteiger partial charge in [0.25, 0.3) is 0 Å². The number of hydrogen-bond acceptors (Lipinski definition) is 2. The molecule has 76 valence electrons. The molecule has 0 amide bonds. The number of thiophene rings is 1. The van der Waals surface area contributed by atoms with Gasteiger partial charge in [0, 0.05) is 9.35 Å². The third kappa shape index (κ3) is 1.29. The van der Waals surface area contributed by atoms with Crippen molar-refractivity contribution in [1.29, 1.82) is 0 Å². The monoisotopic (exact) mass is 272 g/mol. The minimum absolute atomic E-state index is 0.209. The first kappa shape index (κ1) is 9.37. The lowest BCUT2D eigenvalue weighted by Gasteiger charge is -2.11. The number of aliphatic hydroxyl groups excluding tert-OH is 1. The fourth-order valence-electron chi connectivity index (χ4n) is 3.04. The maximum Gasteiger partial charge on any atom is 0.0926 e. The second kappa shape index (κ2) is 3.32. The quantitative estimate of drug-likeness (QED) is 0.873. The first-order chi connectivity index (χ1) is 6.79. The third-order valence-corrected chi connectivity index (χ3v) is 5.69. The highest BCUT2D eigenvalue weighted by Gasteiger charge is 2.56. The van der Waals surface area contributed by atoms with Crippen molar-refractivity contribution in [2.75, 3.05) is 0 Å². The molecule has 3 rings (SSSR count). The van der Waals surface area contributed by atoms with Gasteiger partial charge in [0.15, 0.2) is 0 Å². The molecule has 3 unspecified atom stereocenters. The normalized spacial score (nSPS) is 36.9. The van der Waals surface area contributed by atoms with Crippen molar-refractivity contribution in [1.82, 2.24) is 0 Å². The van der Waals surface area contributed by atoms with E-state index in [0.717, 1.165) is 21.2 Å². The Bertz CT molecular complexity index is 339. The van der Waals surface area contributed by atoms with Gasteiger partial charge in [-0.1, -0.05) is 6.42 Å². The molecule has 2 aliphatic rings. The lowest BCUT2D eigenvalue weighted by atomic mass is 10.1. The van der Waals surface area contributed by atoms with E-state index in [-0.39, 0.29) is 6.10 Å². The molecule has 2 aliphatic carbocycles. The molecule has 2 fully saturated rings. The van der Waals surface area contributed by atoms with Crippen LogP contribution in [0.5, 0.6) is 0 Å². The lowest BCUT2D eigenvalue weighted by Crippen LogP contribution is -2.02. The Balaban J connectivity index is 1.78. The van der Waals surface area contributed by atoms with Crippen LogP contribution in [0.15, 0.2) is 15.9 Å². The third-order valence-electron chi connectivity index (χ3n) is 3.75. The molecule has 1 aromatic rings. The lowest BCUT2D eigenvalue weighted by molar-refractivity contribution is 0.140. The van der Waals surface area contributed by atoms with E-state index in [2.05, 4.69) is 15.9 Å². The van der Waals surface area contributed by atoms with Gasteiger partial charge in [-0.3, -0.25) is 0 Å². The number of hydrogen-bond donors (Lipinski definition) is 1. The molecule has 3 heteroatoms. The highest BCUT2D eigenvalue weighted by Crippen LogP contribution is 2.62. The van der Waals surface area contributed by atoms with Crippen LogP contribution in [0.25, 0.3) is 0 Å². The van der Waals surface area contributed by atoms with Crippen LogP contribution in [0.1, 0.15) is 30.2 Å². The number of aliphatic hydroxyl groups is 1. The molecule has 0 bridgehead atoms. The molecule has 0 saturated heterocycles. The standard InChI is InChI=1S/C11H13BrOS/c12-8-4-5-14-11(8)10(13)9-6-2-1-3-7(6)9/h4-7,9-10,13H,1-3H2. The summed E-state index contributed by atoms with van der Waals surface area (Å²) < 4.78 is 1.08. The summed E-state index contributed by atoms with van der Waals surface area (Å²) in [7, 11) is 0. The van der Waals surface area contributed by atoms with Crippen LogP contribution in [0.2, 0.25) is 0 Å². The van der Waals surface area contributed by atoms with E-state index >= 15 is 0 Å². The van der Waals surface area contributed by atoms with E-state index in [1.54, 1.807) is 11.3 Å². The fourth-order valence-corrected chi connectivity index (χ4v) is 4.69. The zero-order chi connectivity index (χ0) is 9.71. The Morgan fingerprint density at radius 1 is 1.43 bits per heavy atom. The van der Waals surface area contributed by atoms with Crippen molar-refractivity contribution in [2.45, 2.75) is 25.4 Å². The molecule has 0 aromatic carbocycles. The maximum absolute atomic E-state index is 10.2. The Morgan fingerprint density at radius 2 is 2.14 bits per heavy atom. The van der Waals surface area contributed by atoms with Crippen LogP contribution in [0.3, 0.4) is 0 Å².